The normalized spacial score (nSPS) is 12.6. The van der Waals surface area contributed by atoms with E-state index in [-0.39, 0.29) is 11.9 Å². The lowest BCUT2D eigenvalue weighted by Crippen LogP contribution is -2.35. The first-order chi connectivity index (χ1) is 8.32. The van der Waals surface area contributed by atoms with E-state index in [0.29, 0.717) is 5.92 Å². The quantitative estimate of drug-likeness (QED) is 0.813. The van der Waals surface area contributed by atoms with Gasteiger partial charge in [0.2, 0.25) is 0 Å². The molecule has 1 atom stereocenters. The highest BCUT2D eigenvalue weighted by Crippen LogP contribution is 2.19. The second-order valence-corrected chi connectivity index (χ2v) is 6.21. The SMILES string of the molecule is Cc1cc(C(=O)N(C)C(C)CC(C)C)ccc1Br. The molecule has 0 aromatic heterocycles. The predicted octanol–water partition coefficient (Wildman–Crippen LogP) is 4.26. The third-order valence-corrected chi connectivity index (χ3v) is 4.09. The van der Waals surface area contributed by atoms with Gasteiger partial charge in [-0.15, -0.1) is 0 Å². The maximum atomic E-state index is 12.3. The fourth-order valence-electron chi connectivity index (χ4n) is 2.02. The molecule has 1 unspecified atom stereocenters. The van der Waals surface area contributed by atoms with Crippen LogP contribution in [-0.2, 0) is 0 Å². The minimum absolute atomic E-state index is 0.0961. The minimum Gasteiger partial charge on any atom is -0.339 e. The van der Waals surface area contributed by atoms with Gasteiger partial charge in [-0.25, -0.2) is 0 Å². The average molecular weight is 312 g/mol. The summed E-state index contributed by atoms with van der Waals surface area (Å²) in [4.78, 5) is 14.2. The Kier molecular flexibility index (Phi) is 5.39. The summed E-state index contributed by atoms with van der Waals surface area (Å²) in [7, 11) is 1.88. The Bertz CT molecular complexity index is 429. The van der Waals surface area contributed by atoms with Gasteiger partial charge in [0.1, 0.15) is 0 Å². The van der Waals surface area contributed by atoms with Crippen LogP contribution in [0.4, 0.5) is 0 Å². The highest BCUT2D eigenvalue weighted by Gasteiger charge is 2.18. The fourth-order valence-corrected chi connectivity index (χ4v) is 2.27. The summed E-state index contributed by atoms with van der Waals surface area (Å²) < 4.78 is 1.04. The van der Waals surface area contributed by atoms with Crippen LogP contribution in [0.1, 0.15) is 43.1 Å². The Balaban J connectivity index is 2.82. The largest absolute Gasteiger partial charge is 0.339 e. The van der Waals surface area contributed by atoms with E-state index < -0.39 is 0 Å². The van der Waals surface area contributed by atoms with Crippen LogP contribution in [0.25, 0.3) is 0 Å². The molecule has 1 aromatic rings. The highest BCUT2D eigenvalue weighted by molar-refractivity contribution is 9.10. The van der Waals surface area contributed by atoms with E-state index >= 15 is 0 Å². The average Bonchev–Trinajstić information content (AvgIpc) is 2.30. The molecule has 1 aromatic carbocycles. The number of halogens is 1. The molecule has 0 aliphatic carbocycles. The molecule has 0 heterocycles. The molecule has 100 valence electrons. The van der Waals surface area contributed by atoms with Gasteiger partial charge >= 0.3 is 0 Å². The van der Waals surface area contributed by atoms with Crippen molar-refractivity contribution in [3.8, 4) is 0 Å². The van der Waals surface area contributed by atoms with Crippen LogP contribution in [0, 0.1) is 12.8 Å². The monoisotopic (exact) mass is 311 g/mol. The Morgan fingerprint density at radius 3 is 2.44 bits per heavy atom. The number of amides is 1. The zero-order chi connectivity index (χ0) is 13.9. The third-order valence-electron chi connectivity index (χ3n) is 3.20. The summed E-state index contributed by atoms with van der Waals surface area (Å²) in [5, 5.41) is 0. The second-order valence-electron chi connectivity index (χ2n) is 5.36. The lowest BCUT2D eigenvalue weighted by molar-refractivity contribution is 0.0728. The summed E-state index contributed by atoms with van der Waals surface area (Å²) in [5.41, 5.74) is 1.85. The molecular weight excluding hydrogens is 290 g/mol. The molecule has 1 amide bonds. The Labute approximate surface area is 119 Å². The standard InChI is InChI=1S/C15H22BrNO/c1-10(2)8-12(4)17(5)15(18)13-6-7-14(16)11(3)9-13/h6-7,9-10,12H,8H2,1-5H3. The van der Waals surface area contributed by atoms with Crippen molar-refractivity contribution >= 4 is 21.8 Å². The van der Waals surface area contributed by atoms with Gasteiger partial charge in [0.25, 0.3) is 5.91 Å². The van der Waals surface area contributed by atoms with E-state index in [2.05, 4.69) is 36.7 Å². The van der Waals surface area contributed by atoms with Crippen LogP contribution >= 0.6 is 15.9 Å². The maximum Gasteiger partial charge on any atom is 0.253 e. The van der Waals surface area contributed by atoms with Gasteiger partial charge in [-0.3, -0.25) is 4.79 Å². The highest BCUT2D eigenvalue weighted by atomic mass is 79.9. The molecule has 0 spiro atoms. The Hall–Kier alpha value is -0.830. The van der Waals surface area contributed by atoms with E-state index in [9.17, 15) is 4.79 Å². The molecule has 18 heavy (non-hydrogen) atoms. The minimum atomic E-state index is 0.0961. The van der Waals surface area contributed by atoms with Crippen LogP contribution in [0.5, 0.6) is 0 Å². The summed E-state index contributed by atoms with van der Waals surface area (Å²) in [5.74, 6) is 0.695. The molecule has 0 N–H and O–H groups in total. The number of benzene rings is 1. The maximum absolute atomic E-state index is 12.3. The smallest absolute Gasteiger partial charge is 0.253 e. The van der Waals surface area contributed by atoms with E-state index in [4.69, 9.17) is 0 Å². The Morgan fingerprint density at radius 2 is 1.94 bits per heavy atom. The first-order valence-corrected chi connectivity index (χ1v) is 7.15. The first kappa shape index (κ1) is 15.2. The van der Waals surface area contributed by atoms with Crippen molar-refractivity contribution in [2.45, 2.75) is 40.2 Å². The van der Waals surface area contributed by atoms with Crippen molar-refractivity contribution < 1.29 is 4.79 Å². The molecule has 0 aliphatic rings. The molecule has 0 bridgehead atoms. The van der Waals surface area contributed by atoms with Crippen LogP contribution in [0.15, 0.2) is 22.7 Å². The van der Waals surface area contributed by atoms with Crippen molar-refractivity contribution in [3.63, 3.8) is 0 Å². The number of nitrogens with zero attached hydrogens (tertiary/aromatic N) is 1. The zero-order valence-corrected chi connectivity index (χ0v) is 13.4. The zero-order valence-electron chi connectivity index (χ0n) is 11.8. The van der Waals surface area contributed by atoms with Crippen LogP contribution in [-0.4, -0.2) is 23.9 Å². The van der Waals surface area contributed by atoms with Gasteiger partial charge in [-0.05, 0) is 49.9 Å². The Morgan fingerprint density at radius 1 is 1.33 bits per heavy atom. The summed E-state index contributed by atoms with van der Waals surface area (Å²) >= 11 is 3.45. The van der Waals surface area contributed by atoms with Gasteiger partial charge < -0.3 is 4.90 Å². The number of rotatable bonds is 4. The molecule has 0 saturated carbocycles. The van der Waals surface area contributed by atoms with Crippen molar-refractivity contribution in [1.82, 2.24) is 4.90 Å². The molecular formula is C15H22BrNO. The van der Waals surface area contributed by atoms with Gasteiger partial charge in [0, 0.05) is 23.1 Å². The molecule has 0 saturated heterocycles. The molecule has 0 fully saturated rings. The number of carbonyl (C=O) groups excluding carboxylic acids is 1. The van der Waals surface area contributed by atoms with Crippen molar-refractivity contribution in [3.05, 3.63) is 33.8 Å². The summed E-state index contributed by atoms with van der Waals surface area (Å²) in [6.45, 7) is 8.46. The molecule has 2 nitrogen and oxygen atoms in total. The second kappa shape index (κ2) is 6.37. The molecule has 0 aliphatic heterocycles. The first-order valence-electron chi connectivity index (χ1n) is 6.36. The number of aryl methyl sites for hydroxylation is 1. The summed E-state index contributed by atoms with van der Waals surface area (Å²) in [6, 6.07) is 6.01. The predicted molar refractivity (Wildman–Crippen MR) is 79.9 cm³/mol. The van der Waals surface area contributed by atoms with Crippen molar-refractivity contribution in [2.75, 3.05) is 7.05 Å². The van der Waals surface area contributed by atoms with Crippen molar-refractivity contribution in [2.24, 2.45) is 5.92 Å². The summed E-state index contributed by atoms with van der Waals surface area (Å²) in [6.07, 6.45) is 1.03. The van der Waals surface area contributed by atoms with Gasteiger partial charge in [0.05, 0.1) is 0 Å². The van der Waals surface area contributed by atoms with Gasteiger partial charge in [-0.2, -0.15) is 0 Å². The van der Waals surface area contributed by atoms with Gasteiger partial charge in [0.15, 0.2) is 0 Å². The lowest BCUT2D eigenvalue weighted by Gasteiger charge is -2.26. The number of hydrogen-bond acceptors (Lipinski definition) is 1. The van der Waals surface area contributed by atoms with E-state index in [0.717, 1.165) is 22.0 Å². The van der Waals surface area contributed by atoms with E-state index in [1.54, 1.807) is 0 Å². The van der Waals surface area contributed by atoms with E-state index in [1.165, 1.54) is 0 Å². The number of hydrogen-bond donors (Lipinski definition) is 0. The topological polar surface area (TPSA) is 20.3 Å². The van der Waals surface area contributed by atoms with Crippen LogP contribution < -0.4 is 0 Å². The lowest BCUT2D eigenvalue weighted by atomic mass is 10.0. The third kappa shape index (κ3) is 3.84. The molecule has 0 radical (unpaired) electrons. The van der Waals surface area contributed by atoms with Gasteiger partial charge in [-0.1, -0.05) is 29.8 Å². The molecule has 1 rings (SSSR count). The van der Waals surface area contributed by atoms with Crippen molar-refractivity contribution in [1.29, 1.82) is 0 Å². The fraction of sp³-hybridized carbons (Fsp3) is 0.533. The molecule has 3 heteroatoms. The number of carbonyl (C=O) groups is 1. The van der Waals surface area contributed by atoms with E-state index in [1.807, 2.05) is 37.1 Å². The van der Waals surface area contributed by atoms with Crippen LogP contribution in [0.3, 0.4) is 0 Å². The van der Waals surface area contributed by atoms with Crippen LogP contribution in [0.2, 0.25) is 0 Å².